The minimum atomic E-state index is -0.455. The number of hydrogen-bond acceptors (Lipinski definition) is 6. The Hall–Kier alpha value is -1.97. The Kier molecular flexibility index (Phi) is 6.46. The number of quaternary nitrogens is 1. The average molecular weight is 396 g/mol. The number of aryl methyl sites for hydroxylation is 1. The Morgan fingerprint density at radius 2 is 2.11 bits per heavy atom. The summed E-state index contributed by atoms with van der Waals surface area (Å²) in [6, 6.07) is 1.72. The second kappa shape index (κ2) is 8.81. The summed E-state index contributed by atoms with van der Waals surface area (Å²) >= 11 is 1.36. The van der Waals surface area contributed by atoms with Gasteiger partial charge in [0.25, 0.3) is 11.8 Å². The van der Waals surface area contributed by atoms with Crippen LogP contribution in [0, 0.1) is 6.92 Å². The van der Waals surface area contributed by atoms with Crippen molar-refractivity contribution in [3.8, 4) is 0 Å². The first kappa shape index (κ1) is 19.8. The van der Waals surface area contributed by atoms with E-state index >= 15 is 0 Å². The number of methoxy groups -OCH3 is 1. The first-order chi connectivity index (χ1) is 13.0. The van der Waals surface area contributed by atoms with Gasteiger partial charge in [0.2, 0.25) is 0 Å². The summed E-state index contributed by atoms with van der Waals surface area (Å²) in [5.41, 5.74) is 0.385. The van der Waals surface area contributed by atoms with Gasteiger partial charge in [0.1, 0.15) is 11.1 Å². The maximum atomic E-state index is 12.4. The summed E-state index contributed by atoms with van der Waals surface area (Å²) < 4.78 is 10.2. The van der Waals surface area contributed by atoms with E-state index in [0.717, 1.165) is 35.7 Å². The van der Waals surface area contributed by atoms with Crippen LogP contribution in [-0.4, -0.2) is 75.2 Å². The predicted octanol–water partition coefficient (Wildman–Crippen LogP) is -0.312. The highest BCUT2D eigenvalue weighted by Gasteiger charge is 2.32. The van der Waals surface area contributed by atoms with E-state index in [1.807, 2.05) is 11.8 Å². The second-order valence-corrected chi connectivity index (χ2v) is 8.15. The molecule has 0 unspecified atom stereocenters. The van der Waals surface area contributed by atoms with E-state index < -0.39 is 5.97 Å². The monoisotopic (exact) mass is 396 g/mol. The summed E-state index contributed by atoms with van der Waals surface area (Å²) in [6.45, 7) is 5.55. The van der Waals surface area contributed by atoms with Crippen molar-refractivity contribution in [1.29, 1.82) is 0 Å². The molecule has 2 aliphatic rings. The van der Waals surface area contributed by atoms with Crippen molar-refractivity contribution in [2.75, 3.05) is 51.8 Å². The van der Waals surface area contributed by atoms with Crippen LogP contribution in [0.5, 0.6) is 0 Å². The smallest absolute Gasteiger partial charge is 0.340 e. The maximum absolute atomic E-state index is 12.4. The minimum Gasteiger partial charge on any atom is -0.465 e. The largest absolute Gasteiger partial charge is 0.465 e. The molecule has 0 saturated carbocycles. The lowest BCUT2D eigenvalue weighted by Crippen LogP contribution is -3.15. The maximum Gasteiger partial charge on any atom is 0.340 e. The number of esters is 1. The zero-order valence-electron chi connectivity index (χ0n) is 15.7. The number of anilines is 1. The van der Waals surface area contributed by atoms with Gasteiger partial charge < -0.3 is 24.6 Å². The average Bonchev–Trinajstić information content (AvgIpc) is 3.31. The third kappa shape index (κ3) is 4.85. The first-order valence-electron chi connectivity index (χ1n) is 9.20. The van der Waals surface area contributed by atoms with Crippen LogP contribution < -0.4 is 10.2 Å². The van der Waals surface area contributed by atoms with Gasteiger partial charge in [0.15, 0.2) is 6.54 Å². The molecule has 3 rings (SSSR count). The number of piperazine rings is 1. The van der Waals surface area contributed by atoms with Gasteiger partial charge in [-0.2, -0.15) is 0 Å². The molecule has 0 radical (unpaired) electrons. The van der Waals surface area contributed by atoms with E-state index in [2.05, 4.69) is 5.32 Å². The number of nitrogens with zero attached hydrogens (tertiary/aromatic N) is 1. The SMILES string of the molecule is COC(=O)c1cc(C)sc1NC(=O)C[NH+]1CCN(C(=O)[C@@H]2CCCO2)CC1. The van der Waals surface area contributed by atoms with Gasteiger partial charge in [0, 0.05) is 11.5 Å². The van der Waals surface area contributed by atoms with E-state index in [0.29, 0.717) is 36.8 Å². The van der Waals surface area contributed by atoms with Gasteiger partial charge in [-0.3, -0.25) is 9.59 Å². The molecule has 2 amide bonds. The molecule has 3 heterocycles. The molecule has 1 atom stereocenters. The topological polar surface area (TPSA) is 89.4 Å². The number of carbonyl (C=O) groups is 3. The summed E-state index contributed by atoms with van der Waals surface area (Å²) in [4.78, 5) is 40.5. The van der Waals surface area contributed by atoms with Crippen LogP contribution in [0.4, 0.5) is 5.00 Å². The van der Waals surface area contributed by atoms with Crippen LogP contribution in [0.25, 0.3) is 0 Å². The highest BCUT2D eigenvalue weighted by atomic mass is 32.1. The van der Waals surface area contributed by atoms with Gasteiger partial charge in [-0.25, -0.2) is 4.79 Å². The summed E-state index contributed by atoms with van der Waals surface area (Å²) in [7, 11) is 1.32. The molecule has 2 N–H and O–H groups in total. The summed E-state index contributed by atoms with van der Waals surface area (Å²) in [6.07, 6.45) is 1.46. The van der Waals surface area contributed by atoms with Crippen molar-refractivity contribution in [1.82, 2.24) is 4.90 Å². The van der Waals surface area contributed by atoms with E-state index in [1.165, 1.54) is 18.4 Å². The number of hydrogen-bond donors (Lipinski definition) is 2. The van der Waals surface area contributed by atoms with Crippen molar-refractivity contribution < 1.29 is 28.8 Å². The van der Waals surface area contributed by atoms with Gasteiger partial charge >= 0.3 is 5.97 Å². The number of ether oxygens (including phenoxy) is 2. The van der Waals surface area contributed by atoms with Crippen LogP contribution in [0.2, 0.25) is 0 Å². The van der Waals surface area contributed by atoms with Gasteiger partial charge in [-0.05, 0) is 25.8 Å². The normalized spacial score (nSPS) is 20.5. The molecule has 8 nitrogen and oxygen atoms in total. The van der Waals surface area contributed by atoms with E-state index in [-0.39, 0.29) is 17.9 Å². The predicted molar refractivity (Wildman–Crippen MR) is 100 cm³/mol. The lowest BCUT2D eigenvalue weighted by molar-refractivity contribution is -0.895. The fourth-order valence-corrected chi connectivity index (χ4v) is 4.38. The van der Waals surface area contributed by atoms with Crippen molar-refractivity contribution in [2.24, 2.45) is 0 Å². The summed E-state index contributed by atoms with van der Waals surface area (Å²) in [5.74, 6) is -0.521. The number of rotatable bonds is 5. The standard InChI is InChI=1S/C18H25N3O5S/c1-12-10-13(18(24)25-2)16(27-12)19-15(22)11-20-5-7-21(8-6-20)17(23)14-4-3-9-26-14/h10,14H,3-9,11H2,1-2H3,(H,19,22)/p+1/t14-/m0/s1. The Labute approximate surface area is 162 Å². The van der Waals surface area contributed by atoms with Crippen molar-refractivity contribution in [3.63, 3.8) is 0 Å². The fraction of sp³-hybridized carbons (Fsp3) is 0.611. The number of carbonyl (C=O) groups excluding carboxylic acids is 3. The van der Waals surface area contributed by atoms with Crippen molar-refractivity contribution >= 4 is 34.1 Å². The molecule has 0 aromatic carbocycles. The van der Waals surface area contributed by atoms with E-state index in [9.17, 15) is 14.4 Å². The molecule has 0 spiro atoms. The lowest BCUT2D eigenvalue weighted by atomic mass is 10.2. The molecule has 27 heavy (non-hydrogen) atoms. The molecular weight excluding hydrogens is 370 g/mol. The third-order valence-corrected chi connectivity index (χ3v) is 5.88. The Bertz CT molecular complexity index is 706. The van der Waals surface area contributed by atoms with Crippen molar-refractivity contribution in [2.45, 2.75) is 25.9 Å². The molecule has 0 aliphatic carbocycles. The number of nitrogens with one attached hydrogen (secondary N) is 2. The minimum absolute atomic E-state index is 0.0767. The van der Waals surface area contributed by atoms with Crippen LogP contribution in [0.1, 0.15) is 28.1 Å². The van der Waals surface area contributed by atoms with Crippen LogP contribution in [0.3, 0.4) is 0 Å². The Morgan fingerprint density at radius 3 is 2.74 bits per heavy atom. The Morgan fingerprint density at radius 1 is 1.37 bits per heavy atom. The molecule has 148 valence electrons. The molecule has 0 bridgehead atoms. The van der Waals surface area contributed by atoms with Crippen molar-refractivity contribution in [3.05, 3.63) is 16.5 Å². The molecule has 2 aliphatic heterocycles. The molecule has 1 aromatic rings. The molecule has 1 aromatic heterocycles. The zero-order chi connectivity index (χ0) is 19.4. The quantitative estimate of drug-likeness (QED) is 0.667. The van der Waals surface area contributed by atoms with E-state index in [4.69, 9.17) is 9.47 Å². The fourth-order valence-electron chi connectivity index (χ4n) is 3.46. The molecule has 9 heteroatoms. The lowest BCUT2D eigenvalue weighted by Gasteiger charge is -2.33. The zero-order valence-corrected chi connectivity index (χ0v) is 16.5. The van der Waals surface area contributed by atoms with Gasteiger partial charge in [-0.1, -0.05) is 0 Å². The molecule has 2 saturated heterocycles. The van der Waals surface area contributed by atoms with Gasteiger partial charge in [-0.15, -0.1) is 11.3 Å². The number of thiophene rings is 1. The highest BCUT2D eigenvalue weighted by molar-refractivity contribution is 7.16. The van der Waals surface area contributed by atoms with E-state index in [1.54, 1.807) is 6.07 Å². The Balaban J connectivity index is 1.48. The number of amides is 2. The molecular formula is C18H26N3O5S+. The summed E-state index contributed by atoms with van der Waals surface area (Å²) in [5, 5.41) is 3.35. The van der Waals surface area contributed by atoms with Crippen LogP contribution >= 0.6 is 11.3 Å². The second-order valence-electron chi connectivity index (χ2n) is 6.89. The van der Waals surface area contributed by atoms with Crippen LogP contribution in [-0.2, 0) is 19.1 Å². The highest BCUT2D eigenvalue weighted by Crippen LogP contribution is 2.28. The van der Waals surface area contributed by atoms with Crippen LogP contribution in [0.15, 0.2) is 6.07 Å². The third-order valence-electron chi connectivity index (χ3n) is 4.91. The first-order valence-corrected chi connectivity index (χ1v) is 10.0. The van der Waals surface area contributed by atoms with Gasteiger partial charge in [0.05, 0.1) is 38.9 Å². The molecule has 2 fully saturated rings.